The second-order valence-electron chi connectivity index (χ2n) is 4.49. The Labute approximate surface area is 114 Å². The van der Waals surface area contributed by atoms with Crippen LogP contribution >= 0.6 is 31.5 Å². The molecule has 1 aliphatic heterocycles. The van der Waals surface area contributed by atoms with Gasteiger partial charge in [0.2, 0.25) is 0 Å². The van der Waals surface area contributed by atoms with E-state index in [0.717, 1.165) is 12.8 Å². The molecule has 98 valence electrons. The van der Waals surface area contributed by atoms with Crippen molar-refractivity contribution in [2.45, 2.75) is 23.2 Å². The quantitative estimate of drug-likeness (QED) is 0.602. The molecule has 1 atom stereocenters. The van der Waals surface area contributed by atoms with E-state index in [1.807, 2.05) is 0 Å². The Balaban J connectivity index is 2.21. The molecule has 1 heterocycles. The van der Waals surface area contributed by atoms with Crippen molar-refractivity contribution in [1.82, 2.24) is 0 Å². The molecule has 1 aromatic carbocycles. The summed E-state index contributed by atoms with van der Waals surface area (Å²) >= 11 is 5.81. The van der Waals surface area contributed by atoms with E-state index in [-0.39, 0.29) is 10.8 Å². The van der Waals surface area contributed by atoms with Gasteiger partial charge in [0, 0.05) is 9.92 Å². The first-order valence-electron chi connectivity index (χ1n) is 5.44. The first-order chi connectivity index (χ1) is 8.34. The van der Waals surface area contributed by atoms with E-state index < -0.39 is 14.7 Å². The number of benzene rings is 1. The van der Waals surface area contributed by atoms with E-state index in [4.69, 9.17) is 22.3 Å². The molecule has 0 amide bonds. The summed E-state index contributed by atoms with van der Waals surface area (Å²) in [6.45, 7) is 0. The van der Waals surface area contributed by atoms with Gasteiger partial charge in [0.25, 0.3) is 0 Å². The van der Waals surface area contributed by atoms with Crippen LogP contribution in [0.2, 0.25) is 5.02 Å². The average Bonchev–Trinajstić information content (AvgIpc) is 3.05. The second kappa shape index (κ2) is 3.84. The van der Waals surface area contributed by atoms with Crippen LogP contribution in [0.5, 0.6) is 0 Å². The van der Waals surface area contributed by atoms with Crippen molar-refractivity contribution in [1.29, 1.82) is 0 Å². The molecular weight excluding hydrogens is 304 g/mol. The smallest absolute Gasteiger partial charge is 0.160 e. The van der Waals surface area contributed by atoms with Crippen molar-refractivity contribution in [3.63, 3.8) is 0 Å². The third-order valence-corrected chi connectivity index (χ3v) is 7.69. The lowest BCUT2D eigenvalue weighted by atomic mass is 10.2. The minimum absolute atomic E-state index is 0.00898. The molecule has 18 heavy (non-hydrogen) atoms. The molecule has 1 aliphatic carbocycles. The highest BCUT2D eigenvalue weighted by Gasteiger charge is 2.58. The molecule has 0 saturated heterocycles. The minimum atomic E-state index is -4.43. The van der Waals surface area contributed by atoms with Crippen LogP contribution in [0.3, 0.4) is 0 Å². The Morgan fingerprint density at radius 3 is 2.44 bits per heavy atom. The Morgan fingerprint density at radius 1 is 1.22 bits per heavy atom. The van der Waals surface area contributed by atoms with E-state index in [1.165, 1.54) is 6.07 Å². The molecule has 3 rings (SSSR count). The minimum Gasteiger partial charge on any atom is -0.160 e. The topological polar surface area (TPSA) is 0 Å². The summed E-state index contributed by atoms with van der Waals surface area (Å²) < 4.78 is 40.2. The van der Waals surface area contributed by atoms with Gasteiger partial charge in [-0.15, -0.1) is 0 Å². The Bertz CT molecular complexity index is 549. The van der Waals surface area contributed by atoms with Gasteiger partial charge in [-0.05, 0) is 67.4 Å². The van der Waals surface area contributed by atoms with Gasteiger partial charge in [-0.3, -0.25) is 0 Å². The highest BCUT2D eigenvalue weighted by Crippen LogP contribution is 2.82. The summed E-state index contributed by atoms with van der Waals surface area (Å²) in [7, 11) is 2.65. The normalized spacial score (nSPS) is 30.6. The number of hydrogen-bond donors (Lipinski definition) is 0. The largest absolute Gasteiger partial charge is 0.445 e. The number of hydrogen-bond acceptors (Lipinski definition) is 0. The van der Waals surface area contributed by atoms with Gasteiger partial charge in [-0.25, -0.2) is 0 Å². The molecule has 1 saturated carbocycles. The lowest BCUT2D eigenvalue weighted by Crippen LogP contribution is -2.17. The van der Waals surface area contributed by atoms with Crippen molar-refractivity contribution in [2.75, 3.05) is 0 Å². The van der Waals surface area contributed by atoms with E-state index >= 15 is 0 Å². The van der Waals surface area contributed by atoms with Crippen molar-refractivity contribution < 1.29 is 13.2 Å². The molecule has 2 aliphatic rings. The maximum Gasteiger partial charge on any atom is 0.445 e. The van der Waals surface area contributed by atoms with Crippen LogP contribution in [0.25, 0.3) is 6.08 Å². The van der Waals surface area contributed by atoms with Crippen LogP contribution in [-0.2, 0) is 0 Å². The zero-order valence-electron chi connectivity index (χ0n) is 9.10. The first kappa shape index (κ1) is 12.7. The number of alkyl halides is 3. The Morgan fingerprint density at radius 2 is 1.89 bits per heavy atom. The van der Waals surface area contributed by atoms with Crippen LogP contribution in [0.4, 0.5) is 13.2 Å². The van der Waals surface area contributed by atoms with Crippen molar-refractivity contribution in [2.24, 2.45) is 5.92 Å². The predicted octanol–water partition coefficient (Wildman–Crippen LogP) is 5.94. The SMILES string of the molecule is FC(F)(F)S1(Cl)C(C2CC2)=Cc2ccc(Cl)cc21. The molecule has 0 nitrogen and oxygen atoms in total. The molecule has 0 aromatic heterocycles. The lowest BCUT2D eigenvalue weighted by molar-refractivity contribution is -0.0360. The van der Waals surface area contributed by atoms with E-state index in [9.17, 15) is 13.2 Å². The van der Waals surface area contributed by atoms with Gasteiger partial charge < -0.3 is 0 Å². The second-order valence-corrected chi connectivity index (χ2v) is 8.76. The highest BCUT2D eigenvalue weighted by molar-refractivity contribution is 8.54. The highest BCUT2D eigenvalue weighted by atomic mass is 35.7. The third-order valence-electron chi connectivity index (χ3n) is 3.20. The van der Waals surface area contributed by atoms with Crippen LogP contribution in [-0.4, -0.2) is 5.51 Å². The zero-order valence-corrected chi connectivity index (χ0v) is 11.4. The molecular formula is C12H9Cl2F3S. The third kappa shape index (κ3) is 1.69. The van der Waals surface area contributed by atoms with Crippen LogP contribution in [0.1, 0.15) is 18.4 Å². The summed E-state index contributed by atoms with van der Waals surface area (Å²) in [6.07, 6.45) is 3.20. The van der Waals surface area contributed by atoms with Crippen molar-refractivity contribution in [3.8, 4) is 0 Å². The number of rotatable bonds is 1. The van der Waals surface area contributed by atoms with E-state index in [1.54, 1.807) is 18.2 Å². The number of allylic oxidation sites excluding steroid dienone is 1. The summed E-state index contributed by atoms with van der Waals surface area (Å²) in [5, 5.41) is 0.293. The zero-order chi connectivity index (χ0) is 13.1. The van der Waals surface area contributed by atoms with Gasteiger partial charge in [0.05, 0.1) is 0 Å². The van der Waals surface area contributed by atoms with Crippen molar-refractivity contribution in [3.05, 3.63) is 33.7 Å². The Kier molecular flexibility index (Phi) is 2.71. The lowest BCUT2D eigenvalue weighted by Gasteiger charge is -2.34. The Hall–Kier alpha value is -0.320. The predicted molar refractivity (Wildman–Crippen MR) is 69.9 cm³/mol. The van der Waals surface area contributed by atoms with E-state index in [2.05, 4.69) is 0 Å². The molecule has 0 bridgehead atoms. The van der Waals surface area contributed by atoms with Gasteiger partial charge in [-0.1, -0.05) is 17.7 Å². The molecule has 0 spiro atoms. The van der Waals surface area contributed by atoms with Gasteiger partial charge in [0.15, 0.2) is 0 Å². The van der Waals surface area contributed by atoms with Gasteiger partial charge >= 0.3 is 5.51 Å². The molecule has 0 radical (unpaired) electrons. The fourth-order valence-corrected chi connectivity index (χ4v) is 5.85. The molecule has 1 unspecified atom stereocenters. The van der Waals surface area contributed by atoms with Crippen LogP contribution < -0.4 is 0 Å². The van der Waals surface area contributed by atoms with Crippen LogP contribution in [0, 0.1) is 5.92 Å². The number of fused-ring (bicyclic) bond motifs is 1. The summed E-state index contributed by atoms with van der Waals surface area (Å²) in [4.78, 5) is 0.500. The van der Waals surface area contributed by atoms with Crippen LogP contribution in [0.15, 0.2) is 28.0 Å². The first-order valence-corrected chi connectivity index (χ1v) is 8.28. The maximum atomic E-state index is 13.4. The van der Waals surface area contributed by atoms with Crippen molar-refractivity contribution >= 4 is 37.6 Å². The van der Waals surface area contributed by atoms with Gasteiger partial charge in [-0.2, -0.15) is 13.2 Å². The molecule has 0 N–H and O–H groups in total. The standard InChI is InChI=1S/C12H9Cl2F3S/c13-9-4-3-8-5-10(7-1-2-7)18(14,11(8)6-9)12(15,16)17/h3-7H,1-2H2. The summed E-state index contributed by atoms with van der Waals surface area (Å²) in [6, 6.07) is 4.57. The summed E-state index contributed by atoms with van der Waals surface area (Å²) in [5.41, 5.74) is -3.87. The fraction of sp³-hybridized carbons (Fsp3) is 0.333. The van der Waals surface area contributed by atoms with E-state index in [0.29, 0.717) is 15.5 Å². The summed E-state index contributed by atoms with van der Waals surface area (Å²) in [5.74, 6) is -0.00898. The molecule has 1 fully saturated rings. The monoisotopic (exact) mass is 312 g/mol. The number of halogens is 5. The maximum absolute atomic E-state index is 13.4. The molecule has 6 heteroatoms. The molecule has 1 aromatic rings. The fourth-order valence-electron chi connectivity index (χ4n) is 2.21. The average molecular weight is 313 g/mol. The van der Waals surface area contributed by atoms with Gasteiger partial charge in [0.1, 0.15) is 0 Å².